The van der Waals surface area contributed by atoms with Gasteiger partial charge in [0.1, 0.15) is 0 Å². The number of hydrogen-bond donors (Lipinski definition) is 0. The first-order chi connectivity index (χ1) is 7.45. The summed E-state index contributed by atoms with van der Waals surface area (Å²) in [6.07, 6.45) is 0. The minimum atomic E-state index is 0. The first kappa shape index (κ1) is 12.0. The molecule has 0 aliphatic rings. The summed E-state index contributed by atoms with van der Waals surface area (Å²) < 4.78 is 0. The Balaban J connectivity index is 0.000000963. The Hall–Kier alpha value is -0.496. The van der Waals surface area contributed by atoms with Crippen molar-refractivity contribution in [1.29, 1.82) is 0 Å². The van der Waals surface area contributed by atoms with Crippen molar-refractivity contribution < 1.29 is 32.7 Å². The summed E-state index contributed by atoms with van der Waals surface area (Å²) in [5.74, 6) is 0. The van der Waals surface area contributed by atoms with Gasteiger partial charge in [-0.3, -0.25) is 11.3 Å². The van der Waals surface area contributed by atoms with Crippen molar-refractivity contribution in [2.75, 3.05) is 0 Å². The average Bonchev–Trinajstić information content (AvgIpc) is 2.82. The molecule has 0 N–H and O–H groups in total. The van der Waals surface area contributed by atoms with Crippen LogP contribution < -0.4 is 0 Å². The maximum absolute atomic E-state index is 3.29. The zero-order chi connectivity index (χ0) is 10.1. The number of hydrogen-bond acceptors (Lipinski definition) is 1. The van der Waals surface area contributed by atoms with Gasteiger partial charge in [0.05, 0.1) is 0 Å². The fourth-order valence-electron chi connectivity index (χ4n) is 1.73. The van der Waals surface area contributed by atoms with Crippen LogP contribution in [0.3, 0.4) is 0 Å². The summed E-state index contributed by atoms with van der Waals surface area (Å²) in [6.45, 7) is 0. The topological polar surface area (TPSA) is 0 Å². The van der Waals surface area contributed by atoms with Crippen molar-refractivity contribution in [3.8, 4) is 10.4 Å². The molecule has 3 aromatic rings. The Labute approximate surface area is 124 Å². The molecule has 1 radical (unpaired) electrons. The maximum Gasteiger partial charge on any atom is 0 e. The largest absolute Gasteiger partial charge is 0.290 e. The molecule has 0 spiro atoms. The second-order valence-corrected chi connectivity index (χ2v) is 4.25. The van der Waals surface area contributed by atoms with Gasteiger partial charge in [0.2, 0.25) is 0 Å². The molecule has 1 aromatic heterocycles. The molecular formula is C14H8SY-2. The molecule has 0 amide bonds. The van der Waals surface area contributed by atoms with Gasteiger partial charge in [-0.05, 0) is 0 Å². The van der Waals surface area contributed by atoms with E-state index < -0.39 is 0 Å². The third kappa shape index (κ3) is 2.13. The second kappa shape index (κ2) is 5.22. The predicted octanol–water partition coefficient (Wildman–Crippen LogP) is 4.17. The molecule has 0 fully saturated rings. The molecule has 0 saturated heterocycles. The predicted molar refractivity (Wildman–Crippen MR) is 64.9 cm³/mol. The van der Waals surface area contributed by atoms with Crippen molar-refractivity contribution in [2.24, 2.45) is 0 Å². The van der Waals surface area contributed by atoms with Crippen LogP contribution in [0.15, 0.2) is 47.8 Å². The van der Waals surface area contributed by atoms with E-state index in [1.54, 1.807) is 11.3 Å². The Morgan fingerprint density at radius 3 is 2.62 bits per heavy atom. The molecule has 1 heterocycles. The van der Waals surface area contributed by atoms with Gasteiger partial charge in [-0.15, -0.1) is 22.9 Å². The van der Waals surface area contributed by atoms with E-state index >= 15 is 0 Å². The first-order valence-electron chi connectivity index (χ1n) is 4.80. The van der Waals surface area contributed by atoms with Crippen LogP contribution in [0.4, 0.5) is 0 Å². The van der Waals surface area contributed by atoms with Gasteiger partial charge in [0.25, 0.3) is 0 Å². The number of thiophene rings is 1. The zero-order valence-electron chi connectivity index (χ0n) is 8.60. The Bertz CT molecular complexity index is 579. The molecule has 0 bridgehead atoms. The van der Waals surface area contributed by atoms with Crippen molar-refractivity contribution in [3.63, 3.8) is 0 Å². The van der Waals surface area contributed by atoms with E-state index in [0.717, 1.165) is 10.4 Å². The van der Waals surface area contributed by atoms with Crippen LogP contribution in [0.1, 0.15) is 0 Å². The first-order valence-corrected chi connectivity index (χ1v) is 5.68. The molecule has 3 rings (SSSR count). The van der Waals surface area contributed by atoms with Crippen LogP contribution in [-0.2, 0) is 32.7 Å². The average molecular weight is 297 g/mol. The van der Waals surface area contributed by atoms with Gasteiger partial charge < -0.3 is 0 Å². The van der Waals surface area contributed by atoms with Crippen LogP contribution >= 0.6 is 11.3 Å². The fraction of sp³-hybridized carbons (Fsp3) is 0. The van der Waals surface area contributed by atoms with E-state index in [9.17, 15) is 0 Å². The molecule has 0 unspecified atom stereocenters. The molecule has 16 heavy (non-hydrogen) atoms. The van der Waals surface area contributed by atoms with Crippen molar-refractivity contribution in [3.05, 3.63) is 60.0 Å². The Kier molecular flexibility index (Phi) is 3.91. The van der Waals surface area contributed by atoms with E-state index in [1.165, 1.54) is 10.8 Å². The van der Waals surface area contributed by atoms with E-state index in [1.807, 2.05) is 17.5 Å². The fourth-order valence-corrected chi connectivity index (χ4v) is 2.42. The second-order valence-electron chi connectivity index (χ2n) is 3.33. The van der Waals surface area contributed by atoms with E-state index in [0.29, 0.717) is 0 Å². The monoisotopic (exact) mass is 297 g/mol. The summed E-state index contributed by atoms with van der Waals surface area (Å²) in [5.41, 5.74) is 1.16. The smallest absolute Gasteiger partial charge is 0 e. The molecule has 0 atom stereocenters. The molecule has 0 aliphatic carbocycles. The minimum absolute atomic E-state index is 0. The van der Waals surface area contributed by atoms with Gasteiger partial charge >= 0.3 is 0 Å². The van der Waals surface area contributed by atoms with E-state index in [-0.39, 0.29) is 32.7 Å². The van der Waals surface area contributed by atoms with E-state index in [2.05, 4.69) is 42.5 Å². The quantitative estimate of drug-likeness (QED) is 0.591. The Morgan fingerprint density at radius 2 is 1.81 bits per heavy atom. The molecule has 0 aliphatic heterocycles. The maximum atomic E-state index is 3.29. The van der Waals surface area contributed by atoms with Crippen LogP contribution in [0, 0.1) is 12.1 Å². The van der Waals surface area contributed by atoms with Crippen molar-refractivity contribution >= 4 is 22.1 Å². The third-order valence-electron chi connectivity index (χ3n) is 2.42. The van der Waals surface area contributed by atoms with Gasteiger partial charge in [-0.2, -0.15) is 22.4 Å². The molecule has 2 aromatic carbocycles. The van der Waals surface area contributed by atoms with Gasteiger partial charge in [-0.1, -0.05) is 18.2 Å². The van der Waals surface area contributed by atoms with E-state index in [4.69, 9.17) is 0 Å². The van der Waals surface area contributed by atoms with Crippen LogP contribution in [0.2, 0.25) is 0 Å². The molecule has 2 heteroatoms. The molecule has 0 nitrogen and oxygen atoms in total. The van der Waals surface area contributed by atoms with Crippen molar-refractivity contribution in [1.82, 2.24) is 0 Å². The van der Waals surface area contributed by atoms with Crippen LogP contribution in [0.5, 0.6) is 0 Å². The number of benzene rings is 2. The van der Waals surface area contributed by atoms with Crippen LogP contribution in [0.25, 0.3) is 21.2 Å². The van der Waals surface area contributed by atoms with Crippen molar-refractivity contribution in [2.45, 2.75) is 0 Å². The van der Waals surface area contributed by atoms with Gasteiger partial charge in [-0.25, -0.2) is 17.7 Å². The third-order valence-corrected chi connectivity index (χ3v) is 3.25. The van der Waals surface area contributed by atoms with Crippen LogP contribution in [-0.4, -0.2) is 0 Å². The summed E-state index contributed by atoms with van der Waals surface area (Å²) >= 11 is 1.70. The molecule has 75 valence electrons. The summed E-state index contributed by atoms with van der Waals surface area (Å²) in [6, 6.07) is 20.9. The molecule has 0 saturated carbocycles. The SMILES string of the molecule is [Y].[c-]1ccsc1-c1[c-]ccc2ccccc12. The number of rotatable bonds is 1. The minimum Gasteiger partial charge on any atom is -0.290 e. The standard InChI is InChI=1S/C14H8S.Y/c1-2-7-12-11(5-1)6-3-8-13(12)14-9-4-10-15-14;/h1-7,10H;/q-2;. The zero-order valence-corrected chi connectivity index (χ0v) is 12.3. The summed E-state index contributed by atoms with van der Waals surface area (Å²) in [7, 11) is 0. The Morgan fingerprint density at radius 1 is 0.938 bits per heavy atom. The van der Waals surface area contributed by atoms with Gasteiger partial charge in [0.15, 0.2) is 0 Å². The summed E-state index contributed by atoms with van der Waals surface area (Å²) in [4.78, 5) is 1.16. The normalized spacial score (nSPS) is 10.0. The summed E-state index contributed by atoms with van der Waals surface area (Å²) in [5, 5.41) is 4.55. The van der Waals surface area contributed by atoms with Gasteiger partial charge in [0, 0.05) is 32.7 Å². The number of fused-ring (bicyclic) bond motifs is 1. The molecular weight excluding hydrogens is 289 g/mol.